The molecule has 2 fully saturated rings. The number of alkyl halides is 2. The Bertz CT molecular complexity index is 863. The number of ether oxygens (including phenoxy) is 2. The first-order valence-corrected chi connectivity index (χ1v) is 13.2. The minimum absolute atomic E-state index is 0.00324. The molecule has 0 bridgehead atoms. The van der Waals surface area contributed by atoms with Crippen LogP contribution in [0.1, 0.15) is 69.8 Å². The van der Waals surface area contributed by atoms with Crippen LogP contribution in [0.4, 0.5) is 8.78 Å². The quantitative estimate of drug-likeness (QED) is 0.460. The molecule has 1 N–H and O–H groups in total. The van der Waals surface area contributed by atoms with Gasteiger partial charge < -0.3 is 19.7 Å². The summed E-state index contributed by atoms with van der Waals surface area (Å²) in [5.41, 5.74) is 1.10. The van der Waals surface area contributed by atoms with Crippen LogP contribution in [0.15, 0.2) is 18.2 Å². The van der Waals surface area contributed by atoms with Gasteiger partial charge in [0.05, 0.1) is 0 Å². The van der Waals surface area contributed by atoms with Gasteiger partial charge in [-0.3, -0.25) is 9.59 Å². The lowest BCUT2D eigenvalue weighted by Crippen LogP contribution is -2.44. The highest BCUT2D eigenvalue weighted by molar-refractivity contribution is 5.81. The van der Waals surface area contributed by atoms with Crippen molar-refractivity contribution in [3.63, 3.8) is 0 Å². The second-order valence-electron chi connectivity index (χ2n) is 10.3. The average Bonchev–Trinajstić information content (AvgIpc) is 3.34. The van der Waals surface area contributed by atoms with Crippen LogP contribution in [0.2, 0.25) is 0 Å². The third-order valence-corrected chi connectivity index (χ3v) is 7.38. The molecular formula is C27H38F2N2O4. The molecule has 6 nitrogen and oxygen atoms in total. The molecule has 1 aromatic rings. The van der Waals surface area contributed by atoms with Crippen LogP contribution in [-0.2, 0) is 16.0 Å². The summed E-state index contributed by atoms with van der Waals surface area (Å²) in [5, 5.41) is 3.21. The minimum Gasteiger partial charge on any atom is -0.486 e. The number of Topliss-reactive ketones (excluding diaryl/α,β-unsaturated/α-hetero) is 1. The number of carbonyl (C=O) groups is 2. The number of hydrogen-bond donors (Lipinski definition) is 1. The van der Waals surface area contributed by atoms with E-state index < -0.39 is 5.92 Å². The van der Waals surface area contributed by atoms with Crippen LogP contribution in [0.3, 0.4) is 0 Å². The van der Waals surface area contributed by atoms with Crippen molar-refractivity contribution in [3.05, 3.63) is 23.8 Å². The van der Waals surface area contributed by atoms with E-state index in [1.54, 1.807) is 0 Å². The number of carbonyl (C=O) groups excluding carboxylic acids is 2. The molecule has 194 valence electrons. The van der Waals surface area contributed by atoms with Crippen LogP contribution in [0, 0.1) is 5.92 Å². The predicted molar refractivity (Wildman–Crippen MR) is 129 cm³/mol. The Morgan fingerprint density at radius 2 is 1.71 bits per heavy atom. The molecule has 1 aliphatic carbocycles. The molecule has 1 saturated heterocycles. The molecular weight excluding hydrogens is 454 g/mol. The standard InChI is InChI=1S/C27H38F2N2O4/c28-27(29)11-9-21(10-12-27)23(32)5-1-2-6-26(33)30-22(19-31-13-3-4-14-31)17-20-7-8-24-25(18-20)35-16-15-34-24/h7-8,18,21-22H,1-6,9-17,19H2,(H,30,33). The van der Waals surface area contributed by atoms with Crippen molar-refractivity contribution in [3.8, 4) is 11.5 Å². The van der Waals surface area contributed by atoms with Crippen molar-refractivity contribution < 1.29 is 27.8 Å². The lowest BCUT2D eigenvalue weighted by Gasteiger charge is -2.27. The molecule has 1 aromatic carbocycles. The van der Waals surface area contributed by atoms with Crippen molar-refractivity contribution >= 4 is 11.7 Å². The van der Waals surface area contributed by atoms with E-state index in [9.17, 15) is 18.4 Å². The third kappa shape index (κ3) is 7.89. The SMILES string of the molecule is O=C(CCCCC(=O)C1CCC(F)(F)CC1)NC(Cc1ccc2c(c1)OCCO2)CN1CCCC1. The van der Waals surface area contributed by atoms with Gasteiger partial charge in [-0.15, -0.1) is 0 Å². The molecule has 0 aromatic heterocycles. The van der Waals surface area contributed by atoms with E-state index in [0.717, 1.165) is 36.7 Å². The fourth-order valence-corrected chi connectivity index (χ4v) is 5.39. The largest absolute Gasteiger partial charge is 0.486 e. The first-order valence-electron chi connectivity index (χ1n) is 13.2. The number of hydrogen-bond acceptors (Lipinski definition) is 5. The molecule has 35 heavy (non-hydrogen) atoms. The number of nitrogens with zero attached hydrogens (tertiary/aromatic N) is 1. The highest BCUT2D eigenvalue weighted by Gasteiger charge is 2.37. The summed E-state index contributed by atoms with van der Waals surface area (Å²) in [6.07, 6.45) is 5.28. The van der Waals surface area contributed by atoms with E-state index in [4.69, 9.17) is 9.47 Å². The number of halogens is 2. The van der Waals surface area contributed by atoms with Crippen LogP contribution >= 0.6 is 0 Å². The summed E-state index contributed by atoms with van der Waals surface area (Å²) >= 11 is 0. The second-order valence-corrected chi connectivity index (χ2v) is 10.3. The van der Waals surface area contributed by atoms with Crippen molar-refractivity contribution in [2.24, 2.45) is 5.92 Å². The molecule has 0 spiro atoms. The summed E-state index contributed by atoms with van der Waals surface area (Å²) < 4.78 is 37.9. The number of amides is 1. The first-order chi connectivity index (χ1) is 16.9. The van der Waals surface area contributed by atoms with E-state index in [1.807, 2.05) is 18.2 Å². The molecule has 1 saturated carbocycles. The normalized spacial score (nSPS) is 21.0. The third-order valence-electron chi connectivity index (χ3n) is 7.38. The van der Waals surface area contributed by atoms with Gasteiger partial charge in [0.15, 0.2) is 11.5 Å². The number of fused-ring (bicyclic) bond motifs is 1. The number of ketones is 1. The van der Waals surface area contributed by atoms with Crippen LogP contribution in [-0.4, -0.2) is 61.4 Å². The highest BCUT2D eigenvalue weighted by Crippen LogP contribution is 2.37. The summed E-state index contributed by atoms with van der Waals surface area (Å²) in [5.74, 6) is -1.26. The Morgan fingerprint density at radius 3 is 2.46 bits per heavy atom. The Morgan fingerprint density at radius 1 is 1.03 bits per heavy atom. The number of benzene rings is 1. The Hall–Kier alpha value is -2.22. The van der Waals surface area contributed by atoms with Gasteiger partial charge in [0.25, 0.3) is 0 Å². The number of nitrogens with one attached hydrogen (secondary N) is 1. The van der Waals surface area contributed by atoms with Crippen LogP contribution in [0.25, 0.3) is 0 Å². The molecule has 0 radical (unpaired) electrons. The second kappa shape index (κ2) is 12.2. The fourth-order valence-electron chi connectivity index (χ4n) is 5.39. The summed E-state index contributed by atoms with van der Waals surface area (Å²) in [4.78, 5) is 27.5. The zero-order valence-electron chi connectivity index (χ0n) is 20.5. The zero-order valence-corrected chi connectivity index (χ0v) is 20.5. The van der Waals surface area contributed by atoms with Gasteiger partial charge in [0, 0.05) is 44.2 Å². The zero-order chi connectivity index (χ0) is 24.7. The van der Waals surface area contributed by atoms with Gasteiger partial charge in [-0.05, 0) is 75.7 Å². The summed E-state index contributed by atoms with van der Waals surface area (Å²) in [6.45, 7) is 4.03. The molecule has 4 rings (SSSR count). The van der Waals surface area contributed by atoms with Gasteiger partial charge >= 0.3 is 0 Å². The lowest BCUT2D eigenvalue weighted by atomic mass is 9.83. The van der Waals surface area contributed by atoms with Crippen LogP contribution < -0.4 is 14.8 Å². The molecule has 8 heteroatoms. The molecule has 3 aliphatic rings. The smallest absolute Gasteiger partial charge is 0.248 e. The molecule has 1 amide bonds. The van der Waals surface area contributed by atoms with Crippen molar-refractivity contribution in [1.82, 2.24) is 10.2 Å². The Kier molecular flexibility index (Phi) is 8.98. The van der Waals surface area contributed by atoms with Crippen molar-refractivity contribution in [1.29, 1.82) is 0 Å². The maximum Gasteiger partial charge on any atom is 0.248 e. The van der Waals surface area contributed by atoms with E-state index in [0.29, 0.717) is 45.3 Å². The molecule has 2 aliphatic heterocycles. The number of rotatable bonds is 11. The van der Waals surface area contributed by atoms with Crippen molar-refractivity contribution in [2.45, 2.75) is 82.6 Å². The Balaban J connectivity index is 1.22. The summed E-state index contributed by atoms with van der Waals surface area (Å²) in [6, 6.07) is 5.96. The van der Waals surface area contributed by atoms with E-state index in [2.05, 4.69) is 10.2 Å². The maximum absolute atomic E-state index is 13.3. The van der Waals surface area contributed by atoms with Gasteiger partial charge in [-0.1, -0.05) is 6.07 Å². The first kappa shape index (κ1) is 25.9. The van der Waals surface area contributed by atoms with Gasteiger partial charge in [0.2, 0.25) is 11.8 Å². The van der Waals surface area contributed by atoms with Crippen molar-refractivity contribution in [2.75, 3.05) is 32.8 Å². The topological polar surface area (TPSA) is 67.9 Å². The minimum atomic E-state index is -2.61. The van der Waals surface area contributed by atoms with E-state index >= 15 is 0 Å². The van der Waals surface area contributed by atoms with Crippen LogP contribution in [0.5, 0.6) is 11.5 Å². The molecule has 1 unspecified atom stereocenters. The monoisotopic (exact) mass is 492 g/mol. The maximum atomic E-state index is 13.3. The lowest BCUT2D eigenvalue weighted by molar-refractivity contribution is -0.127. The molecule has 2 heterocycles. The van der Waals surface area contributed by atoms with E-state index in [-0.39, 0.29) is 49.3 Å². The van der Waals surface area contributed by atoms with Gasteiger partial charge in [-0.25, -0.2) is 8.78 Å². The van der Waals surface area contributed by atoms with Gasteiger partial charge in [-0.2, -0.15) is 0 Å². The molecule has 1 atom stereocenters. The predicted octanol–water partition coefficient (Wildman–Crippen LogP) is 4.54. The Labute approximate surface area is 206 Å². The fraction of sp³-hybridized carbons (Fsp3) is 0.704. The number of likely N-dealkylation sites (tertiary alicyclic amines) is 1. The summed E-state index contributed by atoms with van der Waals surface area (Å²) in [7, 11) is 0. The van der Waals surface area contributed by atoms with Gasteiger partial charge in [0.1, 0.15) is 19.0 Å². The highest BCUT2D eigenvalue weighted by atomic mass is 19.3. The number of unbranched alkanes of at least 4 members (excludes halogenated alkanes) is 1. The van der Waals surface area contributed by atoms with E-state index in [1.165, 1.54) is 12.8 Å². The average molecular weight is 493 g/mol.